The monoisotopic (exact) mass is 343 g/mol. The summed E-state index contributed by atoms with van der Waals surface area (Å²) in [5, 5.41) is 3.10. The number of carbonyl (C=O) groups is 1. The second-order valence-corrected chi connectivity index (χ2v) is 7.92. The minimum atomic E-state index is 0.172. The van der Waals surface area contributed by atoms with Gasteiger partial charge in [-0.3, -0.25) is 14.6 Å². The average molecular weight is 344 g/mol. The van der Waals surface area contributed by atoms with E-state index < -0.39 is 0 Å². The van der Waals surface area contributed by atoms with Gasteiger partial charge in [0.25, 0.3) is 0 Å². The lowest BCUT2D eigenvalue weighted by atomic mass is 10.0. The highest BCUT2D eigenvalue weighted by Crippen LogP contribution is 2.21. The van der Waals surface area contributed by atoms with E-state index >= 15 is 0 Å². The Morgan fingerprint density at radius 3 is 2.68 bits per heavy atom. The molecule has 0 bridgehead atoms. The zero-order valence-electron chi connectivity index (χ0n) is 15.8. The number of amides is 1. The van der Waals surface area contributed by atoms with Crippen LogP contribution in [-0.2, 0) is 11.2 Å². The number of nitrogens with one attached hydrogen (secondary N) is 1. The predicted octanol–water partition coefficient (Wildman–Crippen LogP) is 2.64. The van der Waals surface area contributed by atoms with E-state index in [0.29, 0.717) is 18.5 Å². The van der Waals surface area contributed by atoms with E-state index in [1.165, 1.54) is 43.5 Å². The SMILES string of the molecule is CC(C)c1ccc(CCNC(=O)CN2CCCN3CCC[C@H]3C2)cc1. The number of fused-ring (bicyclic) bond motifs is 1. The van der Waals surface area contributed by atoms with Gasteiger partial charge in [0, 0.05) is 19.1 Å². The lowest BCUT2D eigenvalue weighted by Gasteiger charge is -2.25. The molecule has 4 heteroatoms. The highest BCUT2D eigenvalue weighted by molar-refractivity contribution is 5.78. The maximum Gasteiger partial charge on any atom is 0.234 e. The van der Waals surface area contributed by atoms with Gasteiger partial charge in [0.1, 0.15) is 0 Å². The maximum atomic E-state index is 12.3. The molecule has 1 amide bonds. The molecule has 1 atom stereocenters. The van der Waals surface area contributed by atoms with Crippen LogP contribution < -0.4 is 5.32 Å². The van der Waals surface area contributed by atoms with Crippen molar-refractivity contribution in [1.29, 1.82) is 0 Å². The fourth-order valence-electron chi connectivity index (χ4n) is 4.10. The molecule has 1 aromatic rings. The molecule has 25 heavy (non-hydrogen) atoms. The van der Waals surface area contributed by atoms with Crippen LogP contribution >= 0.6 is 0 Å². The summed E-state index contributed by atoms with van der Waals surface area (Å²) in [5.41, 5.74) is 2.66. The Morgan fingerprint density at radius 2 is 1.92 bits per heavy atom. The van der Waals surface area contributed by atoms with Crippen molar-refractivity contribution in [2.75, 3.05) is 39.3 Å². The Labute approximate surface area is 152 Å². The number of nitrogens with zero attached hydrogens (tertiary/aromatic N) is 2. The summed E-state index contributed by atoms with van der Waals surface area (Å²) < 4.78 is 0. The molecule has 2 aliphatic heterocycles. The molecule has 138 valence electrons. The minimum Gasteiger partial charge on any atom is -0.355 e. The van der Waals surface area contributed by atoms with Crippen LogP contribution in [0.3, 0.4) is 0 Å². The first-order valence-corrected chi connectivity index (χ1v) is 9.94. The molecule has 0 aromatic heterocycles. The standard InChI is InChI=1S/C21H33N3O/c1-17(2)19-8-6-18(7-9-19)10-11-22-21(25)16-23-12-4-14-24-13-3-5-20(24)15-23/h6-9,17,20H,3-5,10-16H2,1-2H3,(H,22,25)/t20-/m0/s1. The van der Waals surface area contributed by atoms with Crippen LogP contribution in [0.1, 0.15) is 50.2 Å². The highest BCUT2D eigenvalue weighted by Gasteiger charge is 2.29. The van der Waals surface area contributed by atoms with Gasteiger partial charge < -0.3 is 5.32 Å². The Kier molecular flexibility index (Phi) is 6.49. The van der Waals surface area contributed by atoms with Gasteiger partial charge >= 0.3 is 0 Å². The molecule has 2 aliphatic rings. The molecule has 2 fully saturated rings. The minimum absolute atomic E-state index is 0.172. The first kappa shape index (κ1) is 18.4. The third-order valence-electron chi connectivity index (χ3n) is 5.64. The fourth-order valence-corrected chi connectivity index (χ4v) is 4.10. The van der Waals surface area contributed by atoms with Gasteiger partial charge in [0.2, 0.25) is 5.91 Å². The summed E-state index contributed by atoms with van der Waals surface area (Å²) in [4.78, 5) is 17.2. The van der Waals surface area contributed by atoms with E-state index in [9.17, 15) is 4.79 Å². The fraction of sp³-hybridized carbons (Fsp3) is 0.667. The van der Waals surface area contributed by atoms with Crippen LogP contribution in [0.4, 0.5) is 0 Å². The summed E-state index contributed by atoms with van der Waals surface area (Å²) in [7, 11) is 0. The molecular formula is C21H33N3O. The topological polar surface area (TPSA) is 35.6 Å². The Bertz CT molecular complexity index is 555. The zero-order valence-corrected chi connectivity index (χ0v) is 15.8. The summed E-state index contributed by atoms with van der Waals surface area (Å²) in [6.07, 6.45) is 4.71. The molecule has 4 nitrogen and oxygen atoms in total. The second-order valence-electron chi connectivity index (χ2n) is 7.92. The molecule has 0 unspecified atom stereocenters. The molecule has 3 rings (SSSR count). The number of carbonyl (C=O) groups excluding carboxylic acids is 1. The van der Waals surface area contributed by atoms with Crippen molar-refractivity contribution in [3.63, 3.8) is 0 Å². The molecule has 0 spiro atoms. The van der Waals surface area contributed by atoms with Gasteiger partial charge in [0.05, 0.1) is 6.54 Å². The summed E-state index contributed by atoms with van der Waals surface area (Å²) in [6, 6.07) is 9.45. The Balaban J connectivity index is 1.39. The van der Waals surface area contributed by atoms with E-state index in [2.05, 4.69) is 53.2 Å². The summed E-state index contributed by atoms with van der Waals surface area (Å²) >= 11 is 0. The smallest absolute Gasteiger partial charge is 0.234 e. The molecule has 0 radical (unpaired) electrons. The van der Waals surface area contributed by atoms with Crippen LogP contribution in [0.5, 0.6) is 0 Å². The van der Waals surface area contributed by atoms with Gasteiger partial charge in [-0.25, -0.2) is 0 Å². The molecule has 1 N–H and O–H groups in total. The summed E-state index contributed by atoms with van der Waals surface area (Å²) in [6.45, 7) is 10.3. The largest absolute Gasteiger partial charge is 0.355 e. The zero-order chi connectivity index (χ0) is 17.6. The van der Waals surface area contributed by atoms with E-state index in [4.69, 9.17) is 0 Å². The van der Waals surface area contributed by atoms with Crippen molar-refractivity contribution >= 4 is 5.91 Å². The molecular weight excluding hydrogens is 310 g/mol. The van der Waals surface area contributed by atoms with Crippen molar-refractivity contribution in [1.82, 2.24) is 15.1 Å². The van der Waals surface area contributed by atoms with Crippen molar-refractivity contribution in [2.45, 2.75) is 51.5 Å². The van der Waals surface area contributed by atoms with Crippen molar-refractivity contribution in [2.24, 2.45) is 0 Å². The van der Waals surface area contributed by atoms with Gasteiger partial charge in [-0.2, -0.15) is 0 Å². The molecule has 0 saturated carbocycles. The predicted molar refractivity (Wildman–Crippen MR) is 103 cm³/mol. The number of benzene rings is 1. The third-order valence-corrected chi connectivity index (χ3v) is 5.64. The first-order valence-electron chi connectivity index (χ1n) is 9.94. The first-order chi connectivity index (χ1) is 12.1. The lowest BCUT2D eigenvalue weighted by Crippen LogP contribution is -2.42. The quantitative estimate of drug-likeness (QED) is 0.862. The molecule has 2 heterocycles. The van der Waals surface area contributed by atoms with Crippen LogP contribution in [0.2, 0.25) is 0 Å². The van der Waals surface area contributed by atoms with E-state index in [0.717, 1.165) is 26.1 Å². The third kappa shape index (κ3) is 5.29. The van der Waals surface area contributed by atoms with E-state index in [1.54, 1.807) is 0 Å². The maximum absolute atomic E-state index is 12.3. The number of hydrogen-bond acceptors (Lipinski definition) is 3. The number of hydrogen-bond donors (Lipinski definition) is 1. The number of rotatable bonds is 6. The van der Waals surface area contributed by atoms with Gasteiger partial charge in [-0.05, 0) is 62.4 Å². The normalized spacial score (nSPS) is 22.0. The Morgan fingerprint density at radius 1 is 1.16 bits per heavy atom. The van der Waals surface area contributed by atoms with Gasteiger partial charge in [0.15, 0.2) is 0 Å². The van der Waals surface area contributed by atoms with Gasteiger partial charge in [-0.1, -0.05) is 38.1 Å². The second kappa shape index (κ2) is 8.81. The molecule has 1 aromatic carbocycles. The van der Waals surface area contributed by atoms with Gasteiger partial charge in [-0.15, -0.1) is 0 Å². The van der Waals surface area contributed by atoms with Crippen molar-refractivity contribution in [3.8, 4) is 0 Å². The molecule has 0 aliphatic carbocycles. The summed E-state index contributed by atoms with van der Waals surface area (Å²) in [5.74, 6) is 0.739. The van der Waals surface area contributed by atoms with Crippen molar-refractivity contribution in [3.05, 3.63) is 35.4 Å². The van der Waals surface area contributed by atoms with E-state index in [1.807, 2.05) is 0 Å². The molecule has 2 saturated heterocycles. The Hall–Kier alpha value is -1.39. The van der Waals surface area contributed by atoms with Crippen LogP contribution in [-0.4, -0.2) is 61.0 Å². The van der Waals surface area contributed by atoms with Crippen LogP contribution in [0, 0.1) is 0 Å². The van der Waals surface area contributed by atoms with Crippen molar-refractivity contribution < 1.29 is 4.79 Å². The van der Waals surface area contributed by atoms with E-state index in [-0.39, 0.29) is 5.91 Å². The average Bonchev–Trinajstić information content (AvgIpc) is 2.94. The lowest BCUT2D eigenvalue weighted by molar-refractivity contribution is -0.122. The highest BCUT2D eigenvalue weighted by atomic mass is 16.2. The van der Waals surface area contributed by atoms with Crippen LogP contribution in [0.15, 0.2) is 24.3 Å². The van der Waals surface area contributed by atoms with Crippen LogP contribution in [0.25, 0.3) is 0 Å².